The predicted octanol–water partition coefficient (Wildman–Crippen LogP) is 0.956. The Morgan fingerprint density at radius 1 is 2.00 bits per heavy atom. The van der Waals surface area contributed by atoms with Crippen LogP contribution in [0.5, 0.6) is 0 Å². The summed E-state index contributed by atoms with van der Waals surface area (Å²) in [6, 6.07) is 0. The van der Waals surface area contributed by atoms with Gasteiger partial charge in [-0.15, -0.1) is 0 Å². The molecule has 0 fully saturated rings. The van der Waals surface area contributed by atoms with Gasteiger partial charge < -0.3 is 4.90 Å². The molecule has 0 saturated heterocycles. The monoisotopic (exact) mass is 116 g/mol. The van der Waals surface area contributed by atoms with Gasteiger partial charge in [-0.25, -0.2) is 0 Å². The van der Waals surface area contributed by atoms with Crippen molar-refractivity contribution >= 4 is 25.4 Å². The van der Waals surface area contributed by atoms with Gasteiger partial charge in [-0.05, 0) is 0 Å². The van der Waals surface area contributed by atoms with Crippen LogP contribution in [0.4, 0.5) is 0 Å². The van der Waals surface area contributed by atoms with Crippen molar-refractivity contribution in [1.29, 1.82) is 1.43 Å². The van der Waals surface area contributed by atoms with E-state index in [2.05, 4.69) is 22.8 Å². The first-order valence-electron chi connectivity index (χ1n) is 1.11. The molecule has 0 heterocycles. The van der Waals surface area contributed by atoms with Crippen LogP contribution in [0.3, 0.4) is 0 Å². The van der Waals surface area contributed by atoms with Gasteiger partial charge in [0.05, 0.1) is 7.53 Å². The maximum atomic E-state index is 6.14. The third-order valence-electron chi connectivity index (χ3n) is 0. The van der Waals surface area contributed by atoms with Crippen LogP contribution < -0.4 is 0 Å². The summed E-state index contributed by atoms with van der Waals surface area (Å²) >= 11 is 0. The first-order chi connectivity index (χ1) is 2.27. The van der Waals surface area contributed by atoms with Crippen LogP contribution in [-0.4, -0.2) is 6.33 Å². The van der Waals surface area contributed by atoms with Gasteiger partial charge in [0, 0.05) is 0 Å². The minimum absolute atomic E-state index is 0.598. The van der Waals surface area contributed by atoms with Crippen LogP contribution in [0.25, 0.3) is 0 Å². The van der Waals surface area contributed by atoms with Crippen molar-refractivity contribution in [2.75, 3.05) is 0 Å². The van der Waals surface area contributed by atoms with E-state index in [-0.39, 0.29) is 0 Å². The highest BCUT2D eigenvalue weighted by Crippen LogP contribution is 2.47. The third kappa shape index (κ3) is 10.5. The molecule has 0 aromatic heterocycles. The highest BCUT2D eigenvalue weighted by Gasteiger charge is 1.68. The largest absolute Gasteiger partial charge is 0.366 e. The molecule has 0 saturated carbocycles. The van der Waals surface area contributed by atoms with Gasteiger partial charge in [0.2, 0.25) is 1.43 Å². The maximum absolute atomic E-state index is 6.14. The van der Waals surface area contributed by atoms with Crippen LogP contribution in [0.2, 0.25) is 0 Å². The second-order valence-corrected chi connectivity index (χ2v) is 5.92. The van der Waals surface area contributed by atoms with Gasteiger partial charge in [-0.1, -0.05) is 17.9 Å². The maximum Gasteiger partial charge on any atom is 0.216 e. The van der Waals surface area contributed by atoms with Crippen molar-refractivity contribution in [2.45, 2.75) is 0 Å². The highest BCUT2D eigenvalue weighted by molar-refractivity contribution is 8.40. The van der Waals surface area contributed by atoms with Gasteiger partial charge in [-0.3, -0.25) is 0 Å². The van der Waals surface area contributed by atoms with E-state index in [1.165, 1.54) is 0 Å². The summed E-state index contributed by atoms with van der Waals surface area (Å²) < 4.78 is 6.14. The summed E-state index contributed by atoms with van der Waals surface area (Å²) in [7, 11) is 4.11. The fraction of sp³-hybridized carbons (Fsp3) is 0. The van der Waals surface area contributed by atoms with Crippen molar-refractivity contribution in [3.63, 3.8) is 0 Å². The molecule has 0 aromatic carbocycles. The average molecular weight is 116 g/mol. The molecule has 1 nitrogen and oxygen atoms in total. The molecule has 0 rings (SSSR count). The smallest absolute Gasteiger partial charge is 0.216 e. The molecule has 2 unspecified atom stereocenters. The molecule has 4 heavy (non-hydrogen) atoms. The SMILES string of the molecule is [3H]OP(P)P. The van der Waals surface area contributed by atoms with E-state index in [1.807, 2.05) is 0 Å². The Morgan fingerprint density at radius 2 is 2.25 bits per heavy atom. The van der Waals surface area contributed by atoms with E-state index >= 15 is 0 Å². The van der Waals surface area contributed by atoms with Gasteiger partial charge in [-0.2, -0.15) is 0 Å². The van der Waals surface area contributed by atoms with Gasteiger partial charge in [0.15, 0.2) is 0 Å². The molecule has 2 atom stereocenters. The molecular weight excluding hydrogens is 109 g/mol. The molecule has 0 amide bonds. The Kier molecular flexibility index (Phi) is 2.14. The van der Waals surface area contributed by atoms with Crippen molar-refractivity contribution in [2.24, 2.45) is 0 Å². The molecule has 0 bridgehead atoms. The van der Waals surface area contributed by atoms with Crippen molar-refractivity contribution < 1.29 is 4.90 Å². The normalized spacial score (nSPS) is 12.2. The fourth-order valence-electron chi connectivity index (χ4n) is 0. The first kappa shape index (κ1) is 3.44. The molecule has 0 radical (unpaired) electrons. The Morgan fingerprint density at radius 3 is 2.25 bits per heavy atom. The minimum Gasteiger partial charge on any atom is -0.366 e. The predicted molar refractivity (Wildman–Crippen MR) is 28.6 cm³/mol. The Bertz CT molecular complexity index is 20.9. The summed E-state index contributed by atoms with van der Waals surface area (Å²) in [4.78, 5) is 3.99. The summed E-state index contributed by atoms with van der Waals surface area (Å²) in [6.45, 7) is 0. The van der Waals surface area contributed by atoms with Gasteiger partial charge >= 0.3 is 0 Å². The van der Waals surface area contributed by atoms with Crippen molar-refractivity contribution in [3.05, 3.63) is 0 Å². The lowest BCUT2D eigenvalue weighted by Crippen LogP contribution is -1.20. The zero-order valence-corrected chi connectivity index (χ0v) is 5.21. The molecule has 1 N–H and O–H groups in total. The molecule has 0 aliphatic heterocycles. The Balaban J connectivity index is 2.54. The average Bonchev–Trinajstić information content (AvgIpc) is 1.38. The standard InChI is InChI=1S/H5OP3/c1-4(2)3/h1H,2-3H2/i1T. The minimum atomic E-state index is -0.598. The van der Waals surface area contributed by atoms with E-state index in [1.54, 1.807) is 0 Å². The second-order valence-electron chi connectivity index (χ2n) is 0.360. The molecule has 26 valence electrons. The molecule has 4 heteroatoms. The van der Waals surface area contributed by atoms with Gasteiger partial charge in [0.1, 0.15) is 0 Å². The lowest BCUT2D eigenvalue weighted by Gasteiger charge is -1.80. The summed E-state index contributed by atoms with van der Waals surface area (Å²) in [5, 5.41) is 0. The second kappa shape index (κ2) is 2.49. The first-order valence-corrected chi connectivity index (χ1v) is 5.20. The molecular formula is H5OP3. The molecule has 0 aliphatic carbocycles. The van der Waals surface area contributed by atoms with E-state index in [4.69, 9.17) is 1.43 Å². The topological polar surface area (TPSA) is 20.2 Å². The Hall–Kier alpha value is 1.25. The van der Waals surface area contributed by atoms with Crippen LogP contribution in [0, 0.1) is 0 Å². The molecule has 0 aromatic rings. The van der Waals surface area contributed by atoms with Crippen LogP contribution in [-0.2, 0) is 0 Å². The quantitative estimate of drug-likeness (QED) is 0.505. The third-order valence-corrected chi connectivity index (χ3v) is 0. The summed E-state index contributed by atoms with van der Waals surface area (Å²) in [5.74, 6) is 0. The molecule has 0 spiro atoms. The van der Waals surface area contributed by atoms with Crippen LogP contribution in [0.15, 0.2) is 0 Å². The zero-order valence-electron chi connectivity index (χ0n) is 3.01. The number of hydrogen-bond acceptors (Lipinski definition) is 1. The molecule has 0 aliphatic rings. The van der Waals surface area contributed by atoms with Crippen molar-refractivity contribution in [3.8, 4) is 0 Å². The summed E-state index contributed by atoms with van der Waals surface area (Å²) in [6.07, 6.45) is 0. The highest BCUT2D eigenvalue weighted by atomic mass is 32.4. The lowest BCUT2D eigenvalue weighted by atomic mass is 15.9. The van der Waals surface area contributed by atoms with E-state index in [0.717, 1.165) is 0 Å². The van der Waals surface area contributed by atoms with Gasteiger partial charge in [0.25, 0.3) is 0 Å². The fourth-order valence-corrected chi connectivity index (χ4v) is 0. The number of hydrogen-bond donors (Lipinski definition) is 1. The van der Waals surface area contributed by atoms with E-state index < -0.39 is 7.53 Å². The zero-order chi connectivity index (χ0) is 4.28. The number of rotatable bonds is 1. The summed E-state index contributed by atoms with van der Waals surface area (Å²) in [5.41, 5.74) is 0. The van der Waals surface area contributed by atoms with E-state index in [9.17, 15) is 0 Å². The lowest BCUT2D eigenvalue weighted by molar-refractivity contribution is 0.656. The van der Waals surface area contributed by atoms with E-state index in [0.29, 0.717) is 0 Å². The van der Waals surface area contributed by atoms with Crippen LogP contribution >= 0.6 is 25.4 Å². The Labute approximate surface area is 32.7 Å². The van der Waals surface area contributed by atoms with Crippen LogP contribution in [0.1, 0.15) is 0 Å². The van der Waals surface area contributed by atoms with Crippen molar-refractivity contribution in [1.82, 2.24) is 0 Å².